The number of nitrogens with zero attached hydrogens (tertiary/aromatic N) is 2. The molecule has 1 atom stereocenters. The highest BCUT2D eigenvalue weighted by atomic mass is 15.2. The van der Waals surface area contributed by atoms with Crippen LogP contribution in [0.15, 0.2) is 0 Å². The van der Waals surface area contributed by atoms with E-state index in [-0.39, 0.29) is 6.04 Å². The van der Waals surface area contributed by atoms with Crippen LogP contribution < -0.4 is 5.73 Å². The Morgan fingerprint density at radius 3 is 2.26 bits per heavy atom. The van der Waals surface area contributed by atoms with Crippen LogP contribution in [0.2, 0.25) is 0 Å². The first-order valence-corrected chi connectivity index (χ1v) is 7.79. The van der Waals surface area contributed by atoms with E-state index in [1.165, 1.54) is 38.5 Å². The van der Waals surface area contributed by atoms with Crippen LogP contribution in [0.1, 0.15) is 63.1 Å². The largest absolute Gasteiger partial charge is 0.321 e. The standard InChI is InChI=1S/C15H24N4/c1-9(16)14-17-13(18-19-14)8-15-5-10-2-11(6-15)4-12(3-10)7-15/h9-12H,2-8,16H2,1H3,(H,17,18,19). The Balaban J connectivity index is 1.55. The van der Waals surface area contributed by atoms with Gasteiger partial charge in [-0.25, -0.2) is 4.98 Å². The monoisotopic (exact) mass is 260 g/mol. The van der Waals surface area contributed by atoms with Crippen molar-refractivity contribution in [1.29, 1.82) is 0 Å². The van der Waals surface area contributed by atoms with E-state index in [4.69, 9.17) is 5.73 Å². The second kappa shape index (κ2) is 4.05. The van der Waals surface area contributed by atoms with Crippen LogP contribution >= 0.6 is 0 Å². The Hall–Kier alpha value is -0.900. The zero-order chi connectivity index (χ0) is 13.0. The molecule has 104 valence electrons. The van der Waals surface area contributed by atoms with E-state index in [1.807, 2.05) is 6.92 Å². The lowest BCUT2D eigenvalue weighted by molar-refractivity contribution is -0.0531. The number of hydrogen-bond donors (Lipinski definition) is 2. The van der Waals surface area contributed by atoms with E-state index in [0.29, 0.717) is 5.41 Å². The minimum Gasteiger partial charge on any atom is -0.321 e. The van der Waals surface area contributed by atoms with Crippen LogP contribution in [0.3, 0.4) is 0 Å². The van der Waals surface area contributed by atoms with Crippen molar-refractivity contribution in [2.45, 2.75) is 57.9 Å². The lowest BCUT2D eigenvalue weighted by atomic mass is 9.49. The van der Waals surface area contributed by atoms with Crippen molar-refractivity contribution >= 4 is 0 Å². The summed E-state index contributed by atoms with van der Waals surface area (Å²) in [4.78, 5) is 4.59. The lowest BCUT2D eigenvalue weighted by Crippen LogP contribution is -2.47. The van der Waals surface area contributed by atoms with Gasteiger partial charge in [-0.1, -0.05) is 0 Å². The Kier molecular flexibility index (Phi) is 2.53. The first-order chi connectivity index (χ1) is 9.12. The summed E-state index contributed by atoms with van der Waals surface area (Å²) in [6.45, 7) is 1.94. The summed E-state index contributed by atoms with van der Waals surface area (Å²) in [5, 5.41) is 7.37. The van der Waals surface area contributed by atoms with Gasteiger partial charge in [0.15, 0.2) is 5.82 Å². The summed E-state index contributed by atoms with van der Waals surface area (Å²) in [5.74, 6) is 4.83. The highest BCUT2D eigenvalue weighted by Crippen LogP contribution is 2.60. The van der Waals surface area contributed by atoms with E-state index in [2.05, 4.69) is 15.2 Å². The molecular formula is C15H24N4. The zero-order valence-corrected chi connectivity index (χ0v) is 11.7. The molecule has 1 aromatic heterocycles. The molecule has 0 aromatic carbocycles. The summed E-state index contributed by atoms with van der Waals surface area (Å²) in [5.41, 5.74) is 6.37. The fourth-order valence-electron chi connectivity index (χ4n) is 5.45. The summed E-state index contributed by atoms with van der Waals surface area (Å²) in [6.07, 6.45) is 9.87. The SMILES string of the molecule is CC(N)c1n[nH]c(CC23CC4CC(CC(C4)C2)C3)n1. The fourth-order valence-corrected chi connectivity index (χ4v) is 5.45. The third-order valence-electron chi connectivity index (χ3n) is 5.66. The van der Waals surface area contributed by atoms with Crippen LogP contribution in [0, 0.1) is 23.2 Å². The molecule has 4 heteroatoms. The van der Waals surface area contributed by atoms with E-state index in [9.17, 15) is 0 Å². The van der Waals surface area contributed by atoms with E-state index in [1.54, 1.807) is 0 Å². The molecule has 0 aliphatic heterocycles. The van der Waals surface area contributed by atoms with Crippen LogP contribution in [0.25, 0.3) is 0 Å². The van der Waals surface area contributed by atoms with Gasteiger partial charge in [0.05, 0.1) is 6.04 Å². The molecule has 4 fully saturated rings. The second-order valence-corrected chi connectivity index (χ2v) is 7.52. The molecule has 5 rings (SSSR count). The molecule has 0 spiro atoms. The van der Waals surface area contributed by atoms with Crippen molar-refractivity contribution in [2.75, 3.05) is 0 Å². The molecular weight excluding hydrogens is 236 g/mol. The maximum atomic E-state index is 5.84. The molecule has 1 unspecified atom stereocenters. The molecule has 4 bridgehead atoms. The highest BCUT2D eigenvalue weighted by Gasteiger charge is 2.51. The maximum absolute atomic E-state index is 5.84. The third kappa shape index (κ3) is 2.00. The van der Waals surface area contributed by atoms with Gasteiger partial charge in [0.25, 0.3) is 0 Å². The molecule has 4 aliphatic rings. The van der Waals surface area contributed by atoms with Gasteiger partial charge in [-0.05, 0) is 68.6 Å². The summed E-state index contributed by atoms with van der Waals surface area (Å²) in [6, 6.07) is -0.0682. The van der Waals surface area contributed by atoms with Gasteiger partial charge in [-0.15, -0.1) is 0 Å². The first kappa shape index (κ1) is 11.9. The predicted molar refractivity (Wildman–Crippen MR) is 73.3 cm³/mol. The molecule has 0 saturated heterocycles. The average Bonchev–Trinajstić information content (AvgIpc) is 2.74. The van der Waals surface area contributed by atoms with Crippen LogP contribution in [0.4, 0.5) is 0 Å². The Morgan fingerprint density at radius 2 is 1.79 bits per heavy atom. The predicted octanol–water partition coefficient (Wildman–Crippen LogP) is 2.58. The van der Waals surface area contributed by atoms with Gasteiger partial charge in [0.2, 0.25) is 0 Å². The Labute approximate surface area is 114 Å². The Morgan fingerprint density at radius 1 is 1.21 bits per heavy atom. The van der Waals surface area contributed by atoms with Crippen molar-refractivity contribution in [3.05, 3.63) is 11.6 Å². The van der Waals surface area contributed by atoms with Gasteiger partial charge in [-0.2, -0.15) is 5.10 Å². The number of rotatable bonds is 3. The van der Waals surface area contributed by atoms with Crippen molar-refractivity contribution in [3.63, 3.8) is 0 Å². The molecule has 0 radical (unpaired) electrons. The molecule has 4 aliphatic carbocycles. The number of H-pyrrole nitrogens is 1. The second-order valence-electron chi connectivity index (χ2n) is 7.52. The van der Waals surface area contributed by atoms with Crippen molar-refractivity contribution < 1.29 is 0 Å². The van der Waals surface area contributed by atoms with Crippen LogP contribution in [-0.4, -0.2) is 15.2 Å². The number of aromatic amines is 1. The van der Waals surface area contributed by atoms with Crippen molar-refractivity contribution in [2.24, 2.45) is 28.9 Å². The topological polar surface area (TPSA) is 67.6 Å². The minimum atomic E-state index is -0.0682. The van der Waals surface area contributed by atoms with E-state index < -0.39 is 0 Å². The van der Waals surface area contributed by atoms with Gasteiger partial charge in [-0.3, -0.25) is 5.10 Å². The number of nitrogens with two attached hydrogens (primary N) is 1. The summed E-state index contributed by atoms with van der Waals surface area (Å²) < 4.78 is 0. The number of nitrogens with one attached hydrogen (secondary N) is 1. The Bertz CT molecular complexity index is 441. The summed E-state index contributed by atoms with van der Waals surface area (Å²) in [7, 11) is 0. The van der Waals surface area contributed by atoms with E-state index in [0.717, 1.165) is 35.8 Å². The molecule has 4 saturated carbocycles. The summed E-state index contributed by atoms with van der Waals surface area (Å²) >= 11 is 0. The fraction of sp³-hybridized carbons (Fsp3) is 0.867. The molecule has 3 N–H and O–H groups in total. The molecule has 19 heavy (non-hydrogen) atoms. The molecule has 1 heterocycles. The maximum Gasteiger partial charge on any atom is 0.167 e. The lowest BCUT2D eigenvalue weighted by Gasteiger charge is -2.56. The van der Waals surface area contributed by atoms with Crippen LogP contribution in [-0.2, 0) is 6.42 Å². The minimum absolute atomic E-state index is 0.0682. The third-order valence-corrected chi connectivity index (χ3v) is 5.66. The first-order valence-electron chi connectivity index (χ1n) is 7.79. The van der Waals surface area contributed by atoms with E-state index >= 15 is 0 Å². The van der Waals surface area contributed by atoms with Gasteiger partial charge in [0, 0.05) is 6.42 Å². The van der Waals surface area contributed by atoms with Gasteiger partial charge in [0.1, 0.15) is 5.82 Å². The normalized spacial score (nSPS) is 41.7. The average molecular weight is 260 g/mol. The molecule has 0 amide bonds. The quantitative estimate of drug-likeness (QED) is 0.877. The van der Waals surface area contributed by atoms with Gasteiger partial charge >= 0.3 is 0 Å². The van der Waals surface area contributed by atoms with Crippen LogP contribution in [0.5, 0.6) is 0 Å². The highest BCUT2D eigenvalue weighted by molar-refractivity contribution is 5.06. The number of hydrogen-bond acceptors (Lipinski definition) is 3. The molecule has 4 nitrogen and oxygen atoms in total. The zero-order valence-electron chi connectivity index (χ0n) is 11.7. The van der Waals surface area contributed by atoms with Crippen molar-refractivity contribution in [3.8, 4) is 0 Å². The smallest absolute Gasteiger partial charge is 0.167 e. The molecule has 1 aromatic rings. The van der Waals surface area contributed by atoms with Crippen molar-refractivity contribution in [1.82, 2.24) is 15.2 Å². The number of aromatic nitrogens is 3. The van der Waals surface area contributed by atoms with Gasteiger partial charge < -0.3 is 5.73 Å².